The first-order chi connectivity index (χ1) is 8.83. The van der Waals surface area contributed by atoms with Crippen LogP contribution < -0.4 is 5.32 Å². The Morgan fingerprint density at radius 2 is 2.16 bits per heavy atom. The number of nitrogens with zero attached hydrogens (tertiary/aromatic N) is 1. The molecule has 2 aliphatic rings. The van der Waals surface area contributed by atoms with Crippen molar-refractivity contribution >= 4 is 12.0 Å². The van der Waals surface area contributed by atoms with Crippen molar-refractivity contribution in [2.75, 3.05) is 13.2 Å². The van der Waals surface area contributed by atoms with Gasteiger partial charge in [0.25, 0.3) is 0 Å². The number of aliphatic carboxylic acids is 1. The van der Waals surface area contributed by atoms with Crippen molar-refractivity contribution in [2.45, 2.75) is 50.5 Å². The number of aliphatic hydroxyl groups is 1. The van der Waals surface area contributed by atoms with Crippen molar-refractivity contribution < 1.29 is 24.5 Å². The van der Waals surface area contributed by atoms with E-state index in [0.29, 0.717) is 13.0 Å². The molecule has 0 aliphatic carbocycles. The third-order valence-corrected chi connectivity index (χ3v) is 4.10. The molecule has 0 saturated carbocycles. The maximum Gasteiger partial charge on any atom is 0.326 e. The Kier molecular flexibility index (Phi) is 3.69. The van der Waals surface area contributed by atoms with Crippen molar-refractivity contribution in [3.8, 4) is 0 Å². The predicted molar refractivity (Wildman–Crippen MR) is 65.7 cm³/mol. The molecule has 2 aliphatic heterocycles. The number of urea groups is 1. The van der Waals surface area contributed by atoms with Gasteiger partial charge in [0.05, 0.1) is 17.7 Å². The van der Waals surface area contributed by atoms with Crippen molar-refractivity contribution in [2.24, 2.45) is 0 Å². The number of β-amino-alcohol motifs (C(OH)–C–C–N with tert-alkyl or cyclic N) is 1. The number of hydrogen-bond acceptors (Lipinski definition) is 4. The van der Waals surface area contributed by atoms with E-state index in [1.54, 1.807) is 0 Å². The van der Waals surface area contributed by atoms with Crippen LogP contribution in [0.3, 0.4) is 0 Å². The molecule has 2 rings (SSSR count). The van der Waals surface area contributed by atoms with Crippen molar-refractivity contribution in [1.82, 2.24) is 10.2 Å². The summed E-state index contributed by atoms with van der Waals surface area (Å²) < 4.78 is 5.43. The highest BCUT2D eigenvalue weighted by Crippen LogP contribution is 2.26. The van der Waals surface area contributed by atoms with Crippen LogP contribution in [0.2, 0.25) is 0 Å². The third-order valence-electron chi connectivity index (χ3n) is 4.10. The molecule has 2 unspecified atom stereocenters. The molecule has 19 heavy (non-hydrogen) atoms. The van der Waals surface area contributed by atoms with E-state index in [1.165, 1.54) is 4.90 Å². The lowest BCUT2D eigenvalue weighted by atomic mass is 9.95. The lowest BCUT2D eigenvalue weighted by molar-refractivity contribution is -0.141. The highest BCUT2D eigenvalue weighted by atomic mass is 16.5. The maximum atomic E-state index is 12.2. The number of aliphatic hydroxyl groups excluding tert-OH is 1. The SMILES string of the molecule is CC1OCCC1(C)NC(=O)N1C[C@H](O)C[C@H]1C(=O)O. The lowest BCUT2D eigenvalue weighted by Crippen LogP contribution is -2.56. The summed E-state index contributed by atoms with van der Waals surface area (Å²) in [5.41, 5.74) is -0.492. The lowest BCUT2D eigenvalue weighted by Gasteiger charge is -2.32. The van der Waals surface area contributed by atoms with Crippen molar-refractivity contribution in [3.05, 3.63) is 0 Å². The molecule has 7 heteroatoms. The molecule has 108 valence electrons. The minimum Gasteiger partial charge on any atom is -0.480 e. The van der Waals surface area contributed by atoms with Crippen molar-refractivity contribution in [1.29, 1.82) is 0 Å². The number of carboxylic acids is 1. The van der Waals surface area contributed by atoms with Gasteiger partial charge < -0.3 is 25.2 Å². The molecule has 0 radical (unpaired) electrons. The Bertz CT molecular complexity index is 388. The third kappa shape index (κ3) is 2.66. The van der Waals surface area contributed by atoms with Crippen LogP contribution in [0.1, 0.15) is 26.7 Å². The van der Waals surface area contributed by atoms with Gasteiger partial charge in [-0.15, -0.1) is 0 Å². The standard InChI is InChI=1S/C12H20N2O5/c1-7-12(2,3-4-19-7)13-11(18)14-6-8(15)5-9(14)10(16)17/h7-9,15H,3-6H2,1-2H3,(H,13,18)(H,16,17)/t7?,8-,9+,12?/m1/s1. The number of ether oxygens (including phenoxy) is 1. The largest absolute Gasteiger partial charge is 0.480 e. The summed E-state index contributed by atoms with van der Waals surface area (Å²) >= 11 is 0. The van der Waals surface area contributed by atoms with Gasteiger partial charge in [0.15, 0.2) is 0 Å². The second-order valence-corrected chi connectivity index (χ2v) is 5.51. The molecular weight excluding hydrogens is 252 g/mol. The van der Waals surface area contributed by atoms with Gasteiger partial charge >= 0.3 is 12.0 Å². The van der Waals surface area contributed by atoms with Crippen LogP contribution in [0.5, 0.6) is 0 Å². The van der Waals surface area contributed by atoms with Gasteiger partial charge in [-0.05, 0) is 20.3 Å². The van der Waals surface area contributed by atoms with E-state index < -0.39 is 29.7 Å². The van der Waals surface area contributed by atoms with Gasteiger partial charge in [-0.3, -0.25) is 0 Å². The number of rotatable bonds is 2. The monoisotopic (exact) mass is 272 g/mol. The van der Waals surface area contributed by atoms with Crippen LogP contribution in [0.25, 0.3) is 0 Å². The molecule has 2 fully saturated rings. The predicted octanol–water partition coefficient (Wildman–Crippen LogP) is -0.217. The molecule has 2 saturated heterocycles. The maximum absolute atomic E-state index is 12.2. The first-order valence-electron chi connectivity index (χ1n) is 6.45. The molecular formula is C12H20N2O5. The van der Waals surface area contributed by atoms with Gasteiger partial charge in [0.1, 0.15) is 6.04 Å². The topological polar surface area (TPSA) is 99.1 Å². The van der Waals surface area contributed by atoms with Gasteiger partial charge in [-0.1, -0.05) is 0 Å². The van der Waals surface area contributed by atoms with Crippen LogP contribution in [0.4, 0.5) is 4.79 Å². The molecule has 0 spiro atoms. The number of nitrogens with one attached hydrogen (secondary N) is 1. The number of likely N-dealkylation sites (tertiary alicyclic amines) is 1. The fourth-order valence-electron chi connectivity index (χ4n) is 2.59. The number of amides is 2. The molecule has 7 nitrogen and oxygen atoms in total. The summed E-state index contributed by atoms with van der Waals surface area (Å²) in [7, 11) is 0. The van der Waals surface area contributed by atoms with E-state index in [2.05, 4.69) is 5.32 Å². The zero-order valence-electron chi connectivity index (χ0n) is 11.1. The molecule has 0 aromatic carbocycles. The van der Waals surface area contributed by atoms with Gasteiger partial charge in [0.2, 0.25) is 0 Å². The fraction of sp³-hybridized carbons (Fsp3) is 0.833. The zero-order chi connectivity index (χ0) is 14.2. The zero-order valence-corrected chi connectivity index (χ0v) is 11.1. The number of carbonyl (C=O) groups excluding carboxylic acids is 1. The van der Waals surface area contributed by atoms with Crippen LogP contribution in [0, 0.1) is 0 Å². The number of carbonyl (C=O) groups is 2. The average molecular weight is 272 g/mol. The molecule has 0 aromatic rings. The first kappa shape index (κ1) is 14.1. The van der Waals surface area contributed by atoms with E-state index in [-0.39, 0.29) is 19.1 Å². The van der Waals surface area contributed by atoms with E-state index in [1.807, 2.05) is 13.8 Å². The van der Waals surface area contributed by atoms with E-state index in [4.69, 9.17) is 9.84 Å². The van der Waals surface area contributed by atoms with Gasteiger partial charge in [-0.25, -0.2) is 9.59 Å². The molecule has 4 atom stereocenters. The minimum atomic E-state index is -1.09. The summed E-state index contributed by atoms with van der Waals surface area (Å²) in [5, 5.41) is 21.4. The number of hydrogen-bond donors (Lipinski definition) is 3. The molecule has 2 heterocycles. The minimum absolute atomic E-state index is 0.0497. The van der Waals surface area contributed by atoms with Crippen LogP contribution in [-0.2, 0) is 9.53 Å². The van der Waals surface area contributed by atoms with E-state index in [0.717, 1.165) is 0 Å². The van der Waals surface area contributed by atoms with Gasteiger partial charge in [-0.2, -0.15) is 0 Å². The summed E-state index contributed by atoms with van der Waals surface area (Å²) in [6.45, 7) is 4.38. The highest BCUT2D eigenvalue weighted by molar-refractivity contribution is 5.84. The number of carboxylic acid groups (broad SMARTS) is 1. The molecule has 2 amide bonds. The average Bonchev–Trinajstić information content (AvgIpc) is 2.84. The van der Waals surface area contributed by atoms with E-state index >= 15 is 0 Å². The van der Waals surface area contributed by atoms with Crippen LogP contribution in [-0.4, -0.2) is 64.1 Å². The Hall–Kier alpha value is -1.34. The van der Waals surface area contributed by atoms with Crippen LogP contribution in [0.15, 0.2) is 0 Å². The van der Waals surface area contributed by atoms with E-state index in [9.17, 15) is 14.7 Å². The second kappa shape index (κ2) is 4.97. The quantitative estimate of drug-likeness (QED) is 0.645. The summed E-state index contributed by atoms with van der Waals surface area (Å²) in [6.07, 6.45) is -0.135. The summed E-state index contributed by atoms with van der Waals surface area (Å²) in [6, 6.07) is -1.42. The Balaban J connectivity index is 2.05. The first-order valence-corrected chi connectivity index (χ1v) is 6.45. The smallest absolute Gasteiger partial charge is 0.326 e. The second-order valence-electron chi connectivity index (χ2n) is 5.51. The summed E-state index contributed by atoms with van der Waals surface area (Å²) in [4.78, 5) is 24.5. The van der Waals surface area contributed by atoms with Gasteiger partial charge in [0, 0.05) is 19.6 Å². The highest BCUT2D eigenvalue weighted by Gasteiger charge is 2.43. The fourth-order valence-corrected chi connectivity index (χ4v) is 2.59. The molecule has 0 aromatic heterocycles. The van der Waals surface area contributed by atoms with Crippen molar-refractivity contribution in [3.63, 3.8) is 0 Å². The Morgan fingerprint density at radius 1 is 1.47 bits per heavy atom. The Labute approximate surface area is 111 Å². The molecule has 0 bridgehead atoms. The molecule has 3 N–H and O–H groups in total. The normalized spacial score (nSPS) is 38.5. The Morgan fingerprint density at radius 3 is 2.68 bits per heavy atom. The van der Waals surface area contributed by atoms with Crippen LogP contribution >= 0.6 is 0 Å². The summed E-state index contributed by atoms with van der Waals surface area (Å²) in [5.74, 6) is -1.09.